The second kappa shape index (κ2) is 8.91. The van der Waals surface area contributed by atoms with Crippen LogP contribution in [-0.4, -0.2) is 27.5 Å². The Morgan fingerprint density at radius 2 is 1.59 bits per heavy atom. The van der Waals surface area contributed by atoms with Gasteiger partial charge in [-0.05, 0) is 36.4 Å². The molecule has 0 atom stereocenters. The van der Waals surface area contributed by atoms with Crippen LogP contribution in [0, 0.1) is 0 Å². The van der Waals surface area contributed by atoms with Crippen molar-refractivity contribution in [1.29, 1.82) is 0 Å². The van der Waals surface area contributed by atoms with Crippen LogP contribution in [0.2, 0.25) is 0 Å². The van der Waals surface area contributed by atoms with Crippen molar-refractivity contribution in [2.45, 2.75) is 4.90 Å². The van der Waals surface area contributed by atoms with Gasteiger partial charge in [0.15, 0.2) is 11.5 Å². The van der Waals surface area contributed by atoms with Crippen molar-refractivity contribution >= 4 is 32.6 Å². The summed E-state index contributed by atoms with van der Waals surface area (Å²) in [6, 6.07) is 21.4. The number of anilines is 1. The third-order valence-corrected chi connectivity index (χ3v) is 6.25. The molecule has 1 aromatic heterocycles. The minimum Gasteiger partial charge on any atom is -0.486 e. The Morgan fingerprint density at radius 3 is 2.41 bits per heavy atom. The van der Waals surface area contributed by atoms with Crippen LogP contribution in [0.3, 0.4) is 0 Å². The third-order valence-electron chi connectivity index (χ3n) is 5.02. The SMILES string of the molecule is O=C(Nc1ccc2c(c1)OCCO2)c1cc2ccccc2o/c1=N/NS(=O)(=O)c1ccccc1. The molecule has 0 saturated carbocycles. The van der Waals surface area contributed by atoms with E-state index in [9.17, 15) is 13.2 Å². The van der Waals surface area contributed by atoms with Gasteiger partial charge in [0.05, 0.1) is 4.90 Å². The molecule has 2 heterocycles. The normalized spacial score (nSPS) is 13.5. The minimum absolute atomic E-state index is 0.0295. The molecule has 0 spiro atoms. The number of para-hydroxylation sites is 1. The first-order valence-electron chi connectivity index (χ1n) is 10.3. The highest BCUT2D eigenvalue weighted by Crippen LogP contribution is 2.32. The molecule has 0 aliphatic carbocycles. The van der Waals surface area contributed by atoms with E-state index in [2.05, 4.69) is 15.2 Å². The van der Waals surface area contributed by atoms with Crippen LogP contribution >= 0.6 is 0 Å². The molecule has 4 aromatic rings. The minimum atomic E-state index is -3.96. The lowest BCUT2D eigenvalue weighted by atomic mass is 10.1. The fourth-order valence-electron chi connectivity index (χ4n) is 3.39. The van der Waals surface area contributed by atoms with Crippen molar-refractivity contribution in [2.75, 3.05) is 18.5 Å². The lowest BCUT2D eigenvalue weighted by Crippen LogP contribution is -2.27. The zero-order valence-electron chi connectivity index (χ0n) is 17.7. The molecule has 34 heavy (non-hydrogen) atoms. The van der Waals surface area contributed by atoms with E-state index in [1.807, 2.05) is 0 Å². The molecule has 2 N–H and O–H groups in total. The molecule has 3 aromatic carbocycles. The molecular weight excluding hydrogens is 458 g/mol. The van der Waals surface area contributed by atoms with Gasteiger partial charge in [-0.15, -0.1) is 5.10 Å². The molecule has 1 aliphatic heterocycles. The number of rotatable bonds is 5. The second-order valence-corrected chi connectivity index (χ2v) is 9.00. The quantitative estimate of drug-likeness (QED) is 0.426. The van der Waals surface area contributed by atoms with Crippen LogP contribution in [0.25, 0.3) is 11.0 Å². The summed E-state index contributed by atoms with van der Waals surface area (Å²) in [6.45, 7) is 0.875. The van der Waals surface area contributed by atoms with Gasteiger partial charge in [0.1, 0.15) is 24.4 Å². The summed E-state index contributed by atoms with van der Waals surface area (Å²) in [5.41, 5.74) is 0.770. The standard InChI is InChI=1S/C24H19N3O6S/c28-23(25-17-10-11-21-22(15-17)32-13-12-31-21)19-14-16-6-4-5-9-20(16)33-24(19)26-27-34(29,30)18-7-2-1-3-8-18/h1-11,14-15,27H,12-13H2,(H,25,28)/b26-24+. The Labute approximate surface area is 194 Å². The number of amides is 1. The van der Waals surface area contributed by atoms with Crippen LogP contribution in [-0.2, 0) is 10.0 Å². The second-order valence-electron chi connectivity index (χ2n) is 7.34. The van der Waals surface area contributed by atoms with Crippen molar-refractivity contribution in [1.82, 2.24) is 4.83 Å². The summed E-state index contributed by atoms with van der Waals surface area (Å²) in [4.78, 5) is 15.3. The number of carbonyl (C=O) groups excluding carboxylic acids is 1. The van der Waals surface area contributed by atoms with Crippen molar-refractivity contribution in [2.24, 2.45) is 5.10 Å². The predicted molar refractivity (Wildman–Crippen MR) is 124 cm³/mol. The molecule has 0 unspecified atom stereocenters. The summed E-state index contributed by atoms with van der Waals surface area (Å²) >= 11 is 0. The molecule has 0 saturated heterocycles. The van der Waals surface area contributed by atoms with Gasteiger partial charge in [-0.3, -0.25) is 4.79 Å². The zero-order valence-corrected chi connectivity index (χ0v) is 18.5. The van der Waals surface area contributed by atoms with Crippen molar-refractivity contribution in [3.63, 3.8) is 0 Å². The smallest absolute Gasteiger partial charge is 0.276 e. The zero-order chi connectivity index (χ0) is 23.5. The van der Waals surface area contributed by atoms with Crippen LogP contribution in [0.15, 0.2) is 93.3 Å². The third kappa shape index (κ3) is 4.44. The molecule has 0 fully saturated rings. The van der Waals surface area contributed by atoms with E-state index in [-0.39, 0.29) is 16.0 Å². The Hall–Kier alpha value is -4.31. The summed E-state index contributed by atoms with van der Waals surface area (Å²) in [7, 11) is -3.96. The van der Waals surface area contributed by atoms with Gasteiger partial charge < -0.3 is 19.2 Å². The average molecular weight is 477 g/mol. The Balaban J connectivity index is 1.51. The summed E-state index contributed by atoms with van der Waals surface area (Å²) in [5.74, 6) is 0.576. The van der Waals surface area contributed by atoms with Gasteiger partial charge in [-0.2, -0.15) is 13.2 Å². The van der Waals surface area contributed by atoms with Crippen molar-refractivity contribution < 1.29 is 27.1 Å². The summed E-state index contributed by atoms with van der Waals surface area (Å²) in [5, 5.41) is 7.35. The molecule has 172 valence electrons. The molecule has 0 bridgehead atoms. The van der Waals surface area contributed by atoms with Gasteiger partial charge in [-0.1, -0.05) is 36.4 Å². The van der Waals surface area contributed by atoms with Crippen LogP contribution < -0.4 is 25.2 Å². The van der Waals surface area contributed by atoms with Gasteiger partial charge in [-0.25, -0.2) is 0 Å². The molecule has 1 aliphatic rings. The number of nitrogens with zero attached hydrogens (tertiary/aromatic N) is 1. The predicted octanol–water partition coefficient (Wildman–Crippen LogP) is 3.25. The van der Waals surface area contributed by atoms with E-state index < -0.39 is 15.9 Å². The van der Waals surface area contributed by atoms with Crippen LogP contribution in [0.4, 0.5) is 5.69 Å². The maximum Gasteiger partial charge on any atom is 0.276 e. The molecule has 5 rings (SSSR count). The number of ether oxygens (including phenoxy) is 2. The average Bonchev–Trinajstić information content (AvgIpc) is 2.87. The maximum atomic E-state index is 13.2. The number of hydrogen-bond acceptors (Lipinski definition) is 7. The first kappa shape index (κ1) is 21.5. The largest absolute Gasteiger partial charge is 0.486 e. The van der Waals surface area contributed by atoms with E-state index in [0.717, 1.165) is 0 Å². The Kier molecular flexibility index (Phi) is 5.64. The number of hydrogen-bond donors (Lipinski definition) is 2. The fourth-order valence-corrected chi connectivity index (χ4v) is 4.21. The molecule has 0 radical (unpaired) electrons. The topological polar surface area (TPSA) is 119 Å². The fraction of sp³-hybridized carbons (Fsp3) is 0.0833. The van der Waals surface area contributed by atoms with E-state index in [1.165, 1.54) is 12.1 Å². The summed E-state index contributed by atoms with van der Waals surface area (Å²) in [6.07, 6.45) is 0. The first-order valence-corrected chi connectivity index (χ1v) is 11.8. The molecule has 1 amide bonds. The van der Waals surface area contributed by atoms with E-state index in [0.29, 0.717) is 41.4 Å². The highest BCUT2D eigenvalue weighted by atomic mass is 32.2. The lowest BCUT2D eigenvalue weighted by molar-refractivity contribution is 0.102. The Morgan fingerprint density at radius 1 is 0.853 bits per heavy atom. The van der Waals surface area contributed by atoms with Crippen LogP contribution in [0.5, 0.6) is 11.5 Å². The van der Waals surface area contributed by atoms with E-state index in [1.54, 1.807) is 66.7 Å². The number of benzene rings is 3. The first-order chi connectivity index (χ1) is 16.5. The lowest BCUT2D eigenvalue weighted by Gasteiger charge is -2.19. The maximum absolute atomic E-state index is 13.2. The molecule has 9 nitrogen and oxygen atoms in total. The van der Waals surface area contributed by atoms with Gasteiger partial charge in [0.2, 0.25) is 5.55 Å². The van der Waals surface area contributed by atoms with Gasteiger partial charge >= 0.3 is 0 Å². The monoisotopic (exact) mass is 477 g/mol. The highest BCUT2D eigenvalue weighted by molar-refractivity contribution is 7.89. The van der Waals surface area contributed by atoms with Crippen molar-refractivity contribution in [3.05, 3.63) is 90.0 Å². The number of carbonyl (C=O) groups is 1. The number of sulfonamides is 1. The molecular formula is C24H19N3O6S. The van der Waals surface area contributed by atoms with E-state index in [4.69, 9.17) is 13.9 Å². The van der Waals surface area contributed by atoms with Crippen LogP contribution in [0.1, 0.15) is 10.4 Å². The number of fused-ring (bicyclic) bond motifs is 2. The molecule has 10 heteroatoms. The van der Waals surface area contributed by atoms with E-state index >= 15 is 0 Å². The van der Waals surface area contributed by atoms with Crippen molar-refractivity contribution in [3.8, 4) is 11.5 Å². The summed E-state index contributed by atoms with van der Waals surface area (Å²) < 4.78 is 42.0. The van der Waals surface area contributed by atoms with Gasteiger partial charge in [0.25, 0.3) is 15.9 Å². The van der Waals surface area contributed by atoms with Gasteiger partial charge in [0, 0.05) is 17.1 Å². The highest BCUT2D eigenvalue weighted by Gasteiger charge is 2.17. The Bertz CT molecular complexity index is 1550. The number of nitrogens with one attached hydrogen (secondary N) is 2.